The summed E-state index contributed by atoms with van der Waals surface area (Å²) in [6.45, 7) is 1.51. The van der Waals surface area contributed by atoms with Crippen LogP contribution in [0.25, 0.3) is 0 Å². The fourth-order valence-electron chi connectivity index (χ4n) is 2.67. The lowest BCUT2D eigenvalue weighted by molar-refractivity contribution is -0.126. The van der Waals surface area contributed by atoms with E-state index in [9.17, 15) is 24.2 Å². The Morgan fingerprint density at radius 3 is 2.64 bits per heavy atom. The van der Waals surface area contributed by atoms with Crippen molar-refractivity contribution in [3.63, 3.8) is 0 Å². The highest BCUT2D eigenvalue weighted by atomic mass is 19.1. The van der Waals surface area contributed by atoms with Gasteiger partial charge in [-0.3, -0.25) is 15.4 Å². The number of nitrogens with one attached hydrogen (secondary N) is 1. The second-order valence-corrected chi connectivity index (χ2v) is 5.97. The molecule has 0 aromatic carbocycles. The normalized spacial score (nSPS) is 42.1. The zero-order valence-corrected chi connectivity index (χ0v) is 11.9. The first-order chi connectivity index (χ1) is 10.3. The van der Waals surface area contributed by atoms with Crippen molar-refractivity contribution in [1.29, 1.82) is 0 Å². The van der Waals surface area contributed by atoms with Gasteiger partial charge in [-0.05, 0) is 19.8 Å². The first-order valence-corrected chi connectivity index (χ1v) is 7.08. The number of nitrogens with zero attached hydrogens (tertiary/aromatic N) is 1. The molecule has 0 aromatic rings. The third kappa shape index (κ3) is 2.21. The van der Waals surface area contributed by atoms with Crippen LogP contribution in [0.5, 0.6) is 0 Å². The summed E-state index contributed by atoms with van der Waals surface area (Å²) in [6, 6.07) is -0.872. The molecule has 5 atom stereocenters. The van der Waals surface area contributed by atoms with Gasteiger partial charge >= 0.3 is 6.03 Å². The second kappa shape index (κ2) is 4.98. The van der Waals surface area contributed by atoms with Gasteiger partial charge in [-0.25, -0.2) is 9.18 Å². The molecular weight excluding hydrogens is 297 g/mol. The van der Waals surface area contributed by atoms with E-state index in [1.54, 1.807) is 0 Å². The number of hydrogen-bond donors (Lipinski definition) is 4. The second-order valence-electron chi connectivity index (χ2n) is 5.97. The minimum atomic E-state index is -2.18. The molecule has 2 amide bonds. The summed E-state index contributed by atoms with van der Waals surface area (Å²) in [4.78, 5) is 25.0. The Kier molecular flexibility index (Phi) is 3.48. The van der Waals surface area contributed by atoms with E-state index in [2.05, 4.69) is 5.32 Å². The molecule has 1 saturated carbocycles. The van der Waals surface area contributed by atoms with Crippen LogP contribution in [0, 0.1) is 5.92 Å². The van der Waals surface area contributed by atoms with E-state index >= 15 is 0 Å². The van der Waals surface area contributed by atoms with Gasteiger partial charge in [0.25, 0.3) is 0 Å². The van der Waals surface area contributed by atoms with Crippen LogP contribution in [-0.2, 0) is 9.53 Å². The maximum atomic E-state index is 14.3. The number of urea groups is 1. The van der Waals surface area contributed by atoms with Crippen molar-refractivity contribution in [2.45, 2.75) is 50.0 Å². The van der Waals surface area contributed by atoms with Crippen LogP contribution in [-0.4, -0.2) is 57.1 Å². The zero-order valence-electron chi connectivity index (χ0n) is 11.9. The average Bonchev–Trinajstić information content (AvgIpc) is 3.27. The lowest BCUT2D eigenvalue weighted by atomic mass is 9.99. The summed E-state index contributed by atoms with van der Waals surface area (Å²) in [7, 11) is 0. The van der Waals surface area contributed by atoms with Crippen LogP contribution >= 0.6 is 0 Å². The molecule has 1 aliphatic carbocycles. The molecule has 0 spiro atoms. The largest absolute Gasteiger partial charge is 0.388 e. The van der Waals surface area contributed by atoms with Crippen LogP contribution in [0.1, 0.15) is 19.8 Å². The average molecular weight is 315 g/mol. The van der Waals surface area contributed by atoms with E-state index in [1.807, 2.05) is 0 Å². The van der Waals surface area contributed by atoms with Crippen molar-refractivity contribution in [3.8, 4) is 0 Å². The Balaban J connectivity index is 1.86. The van der Waals surface area contributed by atoms with Gasteiger partial charge in [0.1, 0.15) is 12.2 Å². The molecule has 5 N–H and O–H groups in total. The van der Waals surface area contributed by atoms with Gasteiger partial charge in [0, 0.05) is 12.1 Å². The third-order valence-corrected chi connectivity index (χ3v) is 4.26. The monoisotopic (exact) mass is 315 g/mol. The van der Waals surface area contributed by atoms with Gasteiger partial charge in [0.05, 0.1) is 6.10 Å². The molecule has 3 aliphatic rings. The topological polar surface area (TPSA) is 125 Å². The van der Waals surface area contributed by atoms with E-state index in [-0.39, 0.29) is 5.92 Å². The molecule has 1 unspecified atom stereocenters. The molecule has 2 aliphatic heterocycles. The quantitative estimate of drug-likeness (QED) is 0.525. The van der Waals surface area contributed by atoms with E-state index in [4.69, 9.17) is 10.5 Å². The van der Waals surface area contributed by atoms with Crippen molar-refractivity contribution in [3.05, 3.63) is 12.0 Å². The number of carbonyl (C=O) groups is 2. The van der Waals surface area contributed by atoms with Crippen molar-refractivity contribution in [2.24, 2.45) is 11.7 Å². The molecule has 1 saturated heterocycles. The molecule has 22 heavy (non-hydrogen) atoms. The van der Waals surface area contributed by atoms with Gasteiger partial charge in [-0.1, -0.05) is 0 Å². The summed E-state index contributed by atoms with van der Waals surface area (Å²) in [6.07, 6.45) is -2.57. The summed E-state index contributed by atoms with van der Waals surface area (Å²) in [5, 5.41) is 21.7. The fraction of sp³-hybridized carbons (Fsp3) is 0.692. The van der Waals surface area contributed by atoms with Crippen molar-refractivity contribution in [2.75, 3.05) is 0 Å². The molecule has 2 heterocycles. The fourth-order valence-corrected chi connectivity index (χ4v) is 2.67. The smallest absolute Gasteiger partial charge is 0.325 e. The van der Waals surface area contributed by atoms with Gasteiger partial charge in [0.15, 0.2) is 17.8 Å². The van der Waals surface area contributed by atoms with E-state index in [0.29, 0.717) is 12.8 Å². The first kappa shape index (κ1) is 15.3. The standard InChI is InChI=1S/C13H18FN3O5/c1-5-8(18)9(19)11(22-5)17-4-7(14)13(15,16-12(17)21)10(20)6-2-3-6/h4-6,8-9,11,18-19H,2-3,15H2,1H3,(H,16,21)/t5-,8-,9-,11-,13?/m1/s1. The highest BCUT2D eigenvalue weighted by Gasteiger charge is 2.53. The number of halogens is 1. The van der Waals surface area contributed by atoms with Crippen LogP contribution in [0.2, 0.25) is 0 Å². The van der Waals surface area contributed by atoms with E-state index in [1.165, 1.54) is 6.92 Å². The highest BCUT2D eigenvalue weighted by Crippen LogP contribution is 2.36. The van der Waals surface area contributed by atoms with Crippen LogP contribution in [0.15, 0.2) is 12.0 Å². The van der Waals surface area contributed by atoms with Crippen molar-refractivity contribution < 1.29 is 28.9 Å². The minimum absolute atomic E-state index is 0.342. The summed E-state index contributed by atoms with van der Waals surface area (Å²) in [5.41, 5.74) is 3.55. The third-order valence-electron chi connectivity index (χ3n) is 4.26. The molecule has 122 valence electrons. The number of aliphatic hydroxyl groups excluding tert-OH is 2. The predicted octanol–water partition coefficient (Wildman–Crippen LogP) is -1.08. The Hall–Kier alpha value is -1.55. The number of nitrogens with two attached hydrogens (primary N) is 1. The Morgan fingerprint density at radius 1 is 1.50 bits per heavy atom. The summed E-state index contributed by atoms with van der Waals surface area (Å²) >= 11 is 0. The number of amides is 2. The molecule has 3 rings (SSSR count). The number of ether oxygens (including phenoxy) is 1. The lowest BCUT2D eigenvalue weighted by Gasteiger charge is -2.37. The molecule has 0 radical (unpaired) electrons. The van der Waals surface area contributed by atoms with Crippen LogP contribution in [0.4, 0.5) is 9.18 Å². The summed E-state index contributed by atoms with van der Waals surface area (Å²) < 4.78 is 19.6. The molecule has 0 aromatic heterocycles. The highest BCUT2D eigenvalue weighted by molar-refractivity contribution is 5.98. The maximum absolute atomic E-state index is 14.3. The van der Waals surface area contributed by atoms with Crippen molar-refractivity contribution >= 4 is 11.8 Å². The number of aliphatic hydroxyl groups is 2. The first-order valence-electron chi connectivity index (χ1n) is 7.08. The number of carbonyl (C=O) groups excluding carboxylic acids is 2. The van der Waals surface area contributed by atoms with Gasteiger partial charge < -0.3 is 20.3 Å². The Morgan fingerprint density at radius 2 is 2.14 bits per heavy atom. The number of Topliss-reactive ketones (excluding diaryl/α,β-unsaturated/α-hetero) is 1. The van der Waals surface area contributed by atoms with Crippen LogP contribution < -0.4 is 11.1 Å². The van der Waals surface area contributed by atoms with Gasteiger partial charge in [0.2, 0.25) is 5.66 Å². The zero-order chi connectivity index (χ0) is 16.2. The Labute approximate surface area is 125 Å². The molecule has 8 nitrogen and oxygen atoms in total. The molecule has 0 bridgehead atoms. The number of ketones is 1. The molecule has 9 heteroatoms. The van der Waals surface area contributed by atoms with Crippen molar-refractivity contribution in [1.82, 2.24) is 10.2 Å². The number of rotatable bonds is 3. The predicted molar refractivity (Wildman–Crippen MR) is 70.6 cm³/mol. The summed E-state index contributed by atoms with van der Waals surface area (Å²) in [5.74, 6) is -1.95. The van der Waals surface area contributed by atoms with E-state index < -0.39 is 47.8 Å². The van der Waals surface area contributed by atoms with Crippen LogP contribution in [0.3, 0.4) is 0 Å². The SMILES string of the molecule is C[C@H]1O[C@@H](N2C=C(F)C(N)(C(=O)C3CC3)NC2=O)[C@H](O)[C@@H]1O. The maximum Gasteiger partial charge on any atom is 0.325 e. The molecule has 2 fully saturated rings. The van der Waals surface area contributed by atoms with Gasteiger partial charge in [-0.15, -0.1) is 0 Å². The van der Waals surface area contributed by atoms with E-state index in [0.717, 1.165) is 11.1 Å². The minimum Gasteiger partial charge on any atom is -0.388 e. The number of hydrogen-bond acceptors (Lipinski definition) is 6. The lowest BCUT2D eigenvalue weighted by Crippen LogP contribution is -2.68. The molecular formula is C13H18FN3O5. The Bertz CT molecular complexity index is 552. The van der Waals surface area contributed by atoms with Gasteiger partial charge in [-0.2, -0.15) is 0 Å².